The van der Waals surface area contributed by atoms with E-state index in [-0.39, 0.29) is 41.4 Å². The topological polar surface area (TPSA) is 72.8 Å². The molecule has 0 unspecified atom stereocenters. The van der Waals surface area contributed by atoms with E-state index in [0.717, 1.165) is 109 Å². The van der Waals surface area contributed by atoms with Crippen LogP contribution in [0.15, 0.2) is 88.9 Å². The molecule has 5 heteroatoms. The van der Waals surface area contributed by atoms with Gasteiger partial charge in [0.1, 0.15) is 17.3 Å². The van der Waals surface area contributed by atoms with Gasteiger partial charge in [-0.3, -0.25) is 0 Å². The molecule has 1 N–H and O–H groups in total. The normalized spacial score (nSPS) is 29.6. The van der Waals surface area contributed by atoms with Gasteiger partial charge < -0.3 is 14.6 Å². The fourth-order valence-electron chi connectivity index (χ4n) is 10.8. The molecule has 0 amide bonds. The van der Waals surface area contributed by atoms with Gasteiger partial charge in [-0.05, 0) is 128 Å². The average molecular weight is 673 g/mol. The van der Waals surface area contributed by atoms with Gasteiger partial charge >= 0.3 is 11.9 Å². The maximum absolute atomic E-state index is 14.5. The van der Waals surface area contributed by atoms with Crippen LogP contribution < -0.4 is 0 Å². The highest BCUT2D eigenvalue weighted by atomic mass is 16.5. The standard InChI is InChI=1S/C45H52O5/c1-4-28(18-17-27(2)3)25-38-45-24-23-33(34-21-22-35-37(49-43(47)40(35)41(34)45)16-10-13-29-11-8-9-12-29)39(42(45)44(48)50-38)36-26-31(46)19-20-32(36)30-14-6-5-7-15-30/h5-7,14-16,19-20,25-29,33-34,41,46H,4,8-13,17-18,21-24H2,1-3H3/b37-16?,38-25-/t28-,33+,34-,41+,45+/m0/s1. The number of hydrogen-bond acceptors (Lipinski definition) is 5. The van der Waals surface area contributed by atoms with Crippen LogP contribution in [0.25, 0.3) is 16.7 Å². The molecule has 1 saturated heterocycles. The molecule has 2 saturated carbocycles. The van der Waals surface area contributed by atoms with Gasteiger partial charge in [-0.15, -0.1) is 0 Å². The highest BCUT2D eigenvalue weighted by Gasteiger charge is 2.68. The summed E-state index contributed by atoms with van der Waals surface area (Å²) in [7, 11) is 0. The van der Waals surface area contributed by atoms with E-state index in [1.54, 1.807) is 6.07 Å². The van der Waals surface area contributed by atoms with Crippen LogP contribution in [0.1, 0.15) is 110 Å². The minimum Gasteiger partial charge on any atom is -0.508 e. The lowest BCUT2D eigenvalue weighted by Crippen LogP contribution is -2.52. The first-order valence-corrected chi connectivity index (χ1v) is 19.5. The van der Waals surface area contributed by atoms with Crippen LogP contribution >= 0.6 is 0 Å². The summed E-state index contributed by atoms with van der Waals surface area (Å²) in [5, 5.41) is 10.9. The second-order valence-corrected chi connectivity index (χ2v) is 16.3. The van der Waals surface area contributed by atoms with Gasteiger partial charge in [0.2, 0.25) is 0 Å². The van der Waals surface area contributed by atoms with Crippen molar-refractivity contribution < 1.29 is 24.2 Å². The van der Waals surface area contributed by atoms with Crippen molar-refractivity contribution in [1.82, 2.24) is 0 Å². The molecule has 5 nitrogen and oxygen atoms in total. The molecule has 1 spiro atoms. The first-order valence-electron chi connectivity index (χ1n) is 19.5. The molecule has 2 aliphatic heterocycles. The number of fused-ring (bicyclic) bond motifs is 1. The molecule has 3 fully saturated rings. The van der Waals surface area contributed by atoms with Crippen molar-refractivity contribution in [3.05, 3.63) is 94.5 Å². The minimum absolute atomic E-state index is 0.0631. The summed E-state index contributed by atoms with van der Waals surface area (Å²) < 4.78 is 12.7. The van der Waals surface area contributed by atoms with E-state index in [0.29, 0.717) is 11.5 Å². The zero-order valence-corrected chi connectivity index (χ0v) is 30.0. The monoisotopic (exact) mass is 672 g/mol. The SMILES string of the molecule is CC[C@H](/C=C1\OC(=O)C2=C(c3cc(O)ccc3-c3ccccc3)[C@@H]3CC[C@@]21[C@H]1C2=C(CC[C@@H]31)C(=CCCC1CCCC1)OC2=O)CCC(C)C. The maximum Gasteiger partial charge on any atom is 0.340 e. The molecule has 9 rings (SSSR count). The van der Waals surface area contributed by atoms with Crippen molar-refractivity contribution in [2.24, 2.45) is 40.9 Å². The van der Waals surface area contributed by atoms with Crippen molar-refractivity contribution in [3.8, 4) is 16.9 Å². The molecule has 2 heterocycles. The summed E-state index contributed by atoms with van der Waals surface area (Å²) in [6.07, 6.45) is 18.3. The van der Waals surface area contributed by atoms with Gasteiger partial charge in [0.15, 0.2) is 0 Å². The molecule has 5 aliphatic carbocycles. The molecular formula is C45H52O5. The summed E-state index contributed by atoms with van der Waals surface area (Å²) in [5.41, 5.74) is 5.81. The van der Waals surface area contributed by atoms with E-state index < -0.39 is 5.41 Å². The Morgan fingerprint density at radius 1 is 0.920 bits per heavy atom. The Labute approximate surface area is 297 Å². The quantitative estimate of drug-likeness (QED) is 0.254. The van der Waals surface area contributed by atoms with Crippen molar-refractivity contribution in [2.45, 2.75) is 104 Å². The number of allylic oxidation sites excluding steroid dienone is 5. The predicted octanol–water partition coefficient (Wildman–Crippen LogP) is 10.9. The average Bonchev–Trinajstić information content (AvgIpc) is 3.83. The lowest BCUT2D eigenvalue weighted by Gasteiger charge is -2.56. The van der Waals surface area contributed by atoms with Crippen LogP contribution in [0.2, 0.25) is 0 Å². The second kappa shape index (κ2) is 13.4. The maximum atomic E-state index is 14.5. The molecule has 50 heavy (non-hydrogen) atoms. The largest absolute Gasteiger partial charge is 0.508 e. The summed E-state index contributed by atoms with van der Waals surface area (Å²) in [6, 6.07) is 15.8. The van der Waals surface area contributed by atoms with Gasteiger partial charge in [-0.2, -0.15) is 0 Å². The van der Waals surface area contributed by atoms with E-state index >= 15 is 0 Å². The van der Waals surface area contributed by atoms with Crippen molar-refractivity contribution in [2.75, 3.05) is 0 Å². The second-order valence-electron chi connectivity index (χ2n) is 16.3. The number of cyclic esters (lactones) is 2. The third-order valence-corrected chi connectivity index (χ3v) is 13.1. The van der Waals surface area contributed by atoms with E-state index in [4.69, 9.17) is 9.47 Å². The summed E-state index contributed by atoms with van der Waals surface area (Å²) in [5.74, 6) is 2.87. The Morgan fingerprint density at radius 2 is 1.72 bits per heavy atom. The first kappa shape index (κ1) is 33.3. The molecule has 0 radical (unpaired) electrons. The third-order valence-electron chi connectivity index (χ3n) is 13.1. The number of ether oxygens (including phenoxy) is 2. The number of carbonyl (C=O) groups is 2. The fourth-order valence-corrected chi connectivity index (χ4v) is 10.8. The highest BCUT2D eigenvalue weighted by molar-refractivity contribution is 6.07. The number of phenolic OH excluding ortho intramolecular Hbond substituents is 1. The lowest BCUT2D eigenvalue weighted by atomic mass is 9.44. The molecular weight excluding hydrogens is 620 g/mol. The van der Waals surface area contributed by atoms with E-state index in [1.165, 1.54) is 25.7 Å². The number of benzene rings is 2. The Bertz CT molecular complexity index is 1800. The molecule has 262 valence electrons. The number of carbonyl (C=O) groups excluding carboxylic acids is 2. The third kappa shape index (κ3) is 5.51. The van der Waals surface area contributed by atoms with Crippen molar-refractivity contribution >= 4 is 17.5 Å². The Kier molecular flexibility index (Phi) is 8.89. The van der Waals surface area contributed by atoms with Gasteiger partial charge in [0.05, 0.1) is 11.0 Å². The molecule has 5 atom stereocenters. The van der Waals surface area contributed by atoms with Crippen LogP contribution in [0.3, 0.4) is 0 Å². The zero-order valence-electron chi connectivity index (χ0n) is 30.0. The first-order chi connectivity index (χ1) is 24.3. The Hall–Kier alpha value is -3.86. The smallest absolute Gasteiger partial charge is 0.340 e. The minimum atomic E-state index is -0.740. The zero-order chi connectivity index (χ0) is 34.6. The van der Waals surface area contributed by atoms with E-state index in [1.807, 2.05) is 30.3 Å². The van der Waals surface area contributed by atoms with E-state index in [9.17, 15) is 14.7 Å². The van der Waals surface area contributed by atoms with Gasteiger partial charge in [-0.1, -0.05) is 89.3 Å². The molecule has 2 bridgehead atoms. The lowest BCUT2D eigenvalue weighted by molar-refractivity contribution is -0.135. The van der Waals surface area contributed by atoms with Gasteiger partial charge in [0.25, 0.3) is 0 Å². The van der Waals surface area contributed by atoms with Gasteiger partial charge in [0, 0.05) is 17.1 Å². The van der Waals surface area contributed by atoms with Crippen molar-refractivity contribution in [3.63, 3.8) is 0 Å². The Morgan fingerprint density at radius 3 is 2.48 bits per heavy atom. The van der Waals surface area contributed by atoms with Crippen LogP contribution in [0, 0.1) is 40.9 Å². The summed E-state index contributed by atoms with van der Waals surface area (Å²) in [4.78, 5) is 28.6. The number of hydrogen-bond donors (Lipinski definition) is 1. The Balaban J connectivity index is 1.30. The fraction of sp³-hybridized carbons (Fsp3) is 0.511. The molecule has 2 aromatic rings. The molecule has 2 aromatic carbocycles. The van der Waals surface area contributed by atoms with Gasteiger partial charge in [-0.25, -0.2) is 9.59 Å². The van der Waals surface area contributed by atoms with Crippen LogP contribution in [0.4, 0.5) is 0 Å². The number of rotatable bonds is 10. The van der Waals surface area contributed by atoms with Crippen LogP contribution in [-0.4, -0.2) is 17.0 Å². The highest BCUT2D eigenvalue weighted by Crippen LogP contribution is 2.72. The number of aromatic hydroxyl groups is 1. The summed E-state index contributed by atoms with van der Waals surface area (Å²) >= 11 is 0. The molecule has 0 aromatic heterocycles. The molecule has 7 aliphatic rings. The number of esters is 2. The predicted molar refractivity (Wildman–Crippen MR) is 196 cm³/mol. The van der Waals surface area contributed by atoms with Crippen LogP contribution in [0.5, 0.6) is 5.75 Å². The summed E-state index contributed by atoms with van der Waals surface area (Å²) in [6.45, 7) is 6.74. The van der Waals surface area contributed by atoms with E-state index in [2.05, 4.69) is 45.1 Å². The number of phenols is 1. The van der Waals surface area contributed by atoms with Crippen molar-refractivity contribution in [1.29, 1.82) is 0 Å². The van der Waals surface area contributed by atoms with Crippen LogP contribution in [-0.2, 0) is 19.1 Å².